The summed E-state index contributed by atoms with van der Waals surface area (Å²) in [6.07, 6.45) is -0.222. The van der Waals surface area contributed by atoms with Crippen LogP contribution in [-0.4, -0.2) is 12.1 Å². The molecule has 1 aliphatic heterocycles. The minimum absolute atomic E-state index is 0. The van der Waals surface area contributed by atoms with E-state index in [2.05, 4.69) is 4.99 Å². The summed E-state index contributed by atoms with van der Waals surface area (Å²) < 4.78 is 27.2. The smallest absolute Gasteiger partial charge is 0.283 e. The molecule has 0 saturated carbocycles. The molecule has 0 spiro atoms. The molecule has 0 bridgehead atoms. The van der Waals surface area contributed by atoms with Gasteiger partial charge in [0.25, 0.3) is 6.02 Å². The van der Waals surface area contributed by atoms with Crippen molar-refractivity contribution in [3.63, 3.8) is 0 Å². The van der Waals surface area contributed by atoms with Crippen molar-refractivity contribution in [3.05, 3.63) is 35.4 Å². The highest BCUT2D eigenvalue weighted by molar-refractivity contribution is 5.85. The first-order valence-electron chi connectivity index (χ1n) is 5.98. The van der Waals surface area contributed by atoms with Gasteiger partial charge in [0.05, 0.1) is 6.04 Å². The van der Waals surface area contributed by atoms with Gasteiger partial charge in [-0.05, 0) is 19.3 Å². The molecule has 15 heavy (non-hydrogen) atoms. The number of aryl methyl sites for hydroxylation is 1. The third kappa shape index (κ3) is 2.42. The summed E-state index contributed by atoms with van der Waals surface area (Å²) in [6.45, 7) is -0.168. The van der Waals surface area contributed by atoms with Crippen LogP contribution in [0.4, 0.5) is 0 Å². The third-order valence-electron chi connectivity index (χ3n) is 2.26. The SMILES string of the molecule is Cl.[2H]C([2H])([2H])c1ccc([C@H]2OC(N)=N[C@@H]2C)cc1. The highest BCUT2D eigenvalue weighted by Gasteiger charge is 2.27. The van der Waals surface area contributed by atoms with Crippen LogP contribution in [0.15, 0.2) is 29.3 Å². The molecular weight excluding hydrogens is 212 g/mol. The molecular formula is C11H15ClN2O. The number of rotatable bonds is 1. The van der Waals surface area contributed by atoms with E-state index in [1.54, 1.807) is 24.3 Å². The van der Waals surface area contributed by atoms with Crippen LogP contribution in [0.2, 0.25) is 0 Å². The van der Waals surface area contributed by atoms with Gasteiger partial charge in [0.1, 0.15) is 6.10 Å². The average molecular weight is 230 g/mol. The van der Waals surface area contributed by atoms with Crippen LogP contribution >= 0.6 is 12.4 Å². The second-order valence-corrected chi connectivity index (χ2v) is 3.37. The van der Waals surface area contributed by atoms with E-state index in [0.29, 0.717) is 5.56 Å². The fraction of sp³-hybridized carbons (Fsp3) is 0.364. The van der Waals surface area contributed by atoms with Crippen molar-refractivity contribution in [2.45, 2.75) is 25.9 Å². The monoisotopic (exact) mass is 229 g/mol. The molecule has 0 fully saturated rings. The molecule has 1 heterocycles. The predicted molar refractivity (Wildman–Crippen MR) is 63.3 cm³/mol. The van der Waals surface area contributed by atoms with Crippen molar-refractivity contribution in [1.29, 1.82) is 0 Å². The van der Waals surface area contributed by atoms with Gasteiger partial charge < -0.3 is 10.5 Å². The fourth-order valence-corrected chi connectivity index (χ4v) is 1.55. The first-order chi connectivity index (χ1) is 7.88. The summed E-state index contributed by atoms with van der Waals surface area (Å²) in [6, 6.07) is 6.81. The van der Waals surface area contributed by atoms with E-state index in [0.717, 1.165) is 5.56 Å². The van der Waals surface area contributed by atoms with Crippen LogP contribution in [-0.2, 0) is 4.74 Å². The van der Waals surface area contributed by atoms with Gasteiger partial charge in [0, 0.05) is 4.11 Å². The highest BCUT2D eigenvalue weighted by atomic mass is 35.5. The lowest BCUT2D eigenvalue weighted by atomic mass is 10.0. The Morgan fingerprint density at radius 3 is 2.53 bits per heavy atom. The summed E-state index contributed by atoms with van der Waals surface area (Å²) in [4.78, 5) is 4.08. The van der Waals surface area contributed by atoms with Gasteiger partial charge in [-0.15, -0.1) is 12.4 Å². The normalized spacial score (nSPS) is 27.8. The molecule has 4 heteroatoms. The van der Waals surface area contributed by atoms with Crippen molar-refractivity contribution in [1.82, 2.24) is 0 Å². The first kappa shape index (κ1) is 7.99. The number of nitrogens with zero attached hydrogens (tertiary/aromatic N) is 1. The molecule has 1 aromatic carbocycles. The minimum atomic E-state index is -2.07. The molecule has 0 aliphatic carbocycles. The Morgan fingerprint density at radius 1 is 1.40 bits per heavy atom. The van der Waals surface area contributed by atoms with Gasteiger partial charge in [-0.2, -0.15) is 0 Å². The van der Waals surface area contributed by atoms with Crippen molar-refractivity contribution in [2.24, 2.45) is 10.7 Å². The van der Waals surface area contributed by atoms with Crippen LogP contribution in [0.25, 0.3) is 0 Å². The van der Waals surface area contributed by atoms with E-state index >= 15 is 0 Å². The van der Waals surface area contributed by atoms with E-state index in [4.69, 9.17) is 14.6 Å². The van der Waals surface area contributed by atoms with Crippen LogP contribution in [0, 0.1) is 6.85 Å². The zero-order valence-corrected chi connectivity index (χ0v) is 9.12. The van der Waals surface area contributed by atoms with E-state index in [1.165, 1.54) is 0 Å². The summed E-state index contributed by atoms with van der Waals surface area (Å²) in [5, 5.41) is 0. The summed E-state index contributed by atoms with van der Waals surface area (Å²) in [5.41, 5.74) is 6.69. The van der Waals surface area contributed by atoms with Gasteiger partial charge >= 0.3 is 0 Å². The van der Waals surface area contributed by atoms with Gasteiger partial charge in [0.2, 0.25) is 0 Å². The van der Waals surface area contributed by atoms with Crippen LogP contribution < -0.4 is 5.73 Å². The number of hydrogen-bond donors (Lipinski definition) is 1. The second-order valence-electron chi connectivity index (χ2n) is 3.37. The quantitative estimate of drug-likeness (QED) is 0.803. The van der Waals surface area contributed by atoms with Gasteiger partial charge in [0.15, 0.2) is 0 Å². The van der Waals surface area contributed by atoms with Gasteiger partial charge in [-0.25, -0.2) is 4.99 Å². The van der Waals surface area contributed by atoms with Gasteiger partial charge in [-0.3, -0.25) is 0 Å². The van der Waals surface area contributed by atoms with Crippen molar-refractivity contribution in [2.75, 3.05) is 0 Å². The largest absolute Gasteiger partial charge is 0.455 e. The first-order valence-corrected chi connectivity index (χ1v) is 4.48. The predicted octanol–water partition coefficient (Wildman–Crippen LogP) is 2.19. The number of amidine groups is 1. The maximum Gasteiger partial charge on any atom is 0.283 e. The minimum Gasteiger partial charge on any atom is -0.455 e. The lowest BCUT2D eigenvalue weighted by Gasteiger charge is -2.14. The second kappa shape index (κ2) is 4.53. The lowest BCUT2D eigenvalue weighted by molar-refractivity contribution is 0.199. The molecule has 2 rings (SSSR count). The number of ether oxygens (including phenoxy) is 1. The van der Waals surface area contributed by atoms with Crippen LogP contribution in [0.3, 0.4) is 0 Å². The Hall–Kier alpha value is -1.22. The Labute approximate surface area is 100.0 Å². The Morgan fingerprint density at radius 2 is 2.07 bits per heavy atom. The third-order valence-corrected chi connectivity index (χ3v) is 2.26. The standard InChI is InChI=1S/C11H14N2O.ClH/c1-7-3-5-9(6-4-7)10-8(2)13-11(12)14-10;/h3-6,8,10H,1-2H3,(H2,12,13);1H/t8-,10+;/m1./s1/i1D3;. The summed E-state index contributed by atoms with van der Waals surface area (Å²) >= 11 is 0. The molecule has 0 aromatic heterocycles. The topological polar surface area (TPSA) is 47.6 Å². The van der Waals surface area contributed by atoms with Crippen LogP contribution in [0.5, 0.6) is 0 Å². The molecule has 0 amide bonds. The van der Waals surface area contributed by atoms with Crippen molar-refractivity contribution in [3.8, 4) is 0 Å². The highest BCUT2D eigenvalue weighted by Crippen LogP contribution is 2.27. The fourth-order valence-electron chi connectivity index (χ4n) is 1.55. The molecule has 2 N–H and O–H groups in total. The average Bonchev–Trinajstić information content (AvgIpc) is 2.57. The number of aliphatic imine (C=N–C) groups is 1. The van der Waals surface area contributed by atoms with E-state index < -0.39 is 6.85 Å². The van der Waals surface area contributed by atoms with Crippen molar-refractivity contribution < 1.29 is 8.85 Å². The number of halogens is 1. The molecule has 2 atom stereocenters. The molecule has 1 aromatic rings. The summed E-state index contributed by atoms with van der Waals surface area (Å²) in [7, 11) is 0. The molecule has 0 radical (unpaired) electrons. The zero-order chi connectivity index (χ0) is 12.6. The van der Waals surface area contributed by atoms with Crippen LogP contribution in [0.1, 0.15) is 28.3 Å². The molecule has 82 valence electrons. The lowest BCUT2D eigenvalue weighted by Crippen LogP contribution is -2.14. The van der Waals surface area contributed by atoms with E-state index in [1.807, 2.05) is 6.92 Å². The Kier molecular flexibility index (Phi) is 2.42. The molecule has 3 nitrogen and oxygen atoms in total. The zero-order valence-electron chi connectivity index (χ0n) is 11.3. The number of hydrogen-bond acceptors (Lipinski definition) is 3. The number of benzene rings is 1. The summed E-state index contributed by atoms with van der Waals surface area (Å²) in [5.74, 6) is 0. The number of nitrogens with two attached hydrogens (primary N) is 1. The maximum atomic E-state index is 7.28. The Balaban J connectivity index is 0.00000162. The van der Waals surface area contributed by atoms with E-state index in [9.17, 15) is 0 Å². The van der Waals surface area contributed by atoms with Gasteiger partial charge in [-0.1, -0.05) is 29.8 Å². The van der Waals surface area contributed by atoms with Crippen molar-refractivity contribution >= 4 is 18.4 Å². The molecule has 0 unspecified atom stereocenters. The van der Waals surface area contributed by atoms with E-state index in [-0.39, 0.29) is 30.6 Å². The Bertz CT molecular complexity index is 445. The molecule has 1 aliphatic rings. The molecule has 0 saturated heterocycles. The maximum absolute atomic E-state index is 7.28.